The van der Waals surface area contributed by atoms with Gasteiger partial charge in [-0.1, -0.05) is 6.08 Å². The lowest BCUT2D eigenvalue weighted by molar-refractivity contribution is -0.111. The first-order chi connectivity index (χ1) is 11.0. The molecule has 0 atom stereocenters. The van der Waals surface area contributed by atoms with Crippen LogP contribution in [0.25, 0.3) is 0 Å². The zero-order valence-electron chi connectivity index (χ0n) is 14.1. The molecule has 0 aliphatic carbocycles. The summed E-state index contributed by atoms with van der Waals surface area (Å²) in [6.07, 6.45) is 5.51. The number of amides is 2. The predicted octanol–water partition coefficient (Wildman–Crippen LogP) is 2.29. The number of nitrogens with one attached hydrogen (secondary N) is 1. The first-order valence-electron chi connectivity index (χ1n) is 7.99. The molecule has 0 spiro atoms. The van der Waals surface area contributed by atoms with Gasteiger partial charge in [0, 0.05) is 37.0 Å². The number of carbonyl (C=O) groups is 2. The molecule has 5 heteroatoms. The van der Waals surface area contributed by atoms with Crippen LogP contribution >= 0.6 is 0 Å². The molecule has 1 fully saturated rings. The maximum absolute atomic E-state index is 12.4. The minimum Gasteiger partial charge on any atom is -0.339 e. The second-order valence-corrected chi connectivity index (χ2v) is 6.18. The van der Waals surface area contributed by atoms with Gasteiger partial charge < -0.3 is 15.1 Å². The summed E-state index contributed by atoms with van der Waals surface area (Å²) in [4.78, 5) is 28.1. The summed E-state index contributed by atoms with van der Waals surface area (Å²) in [5, 5.41) is 2.85. The van der Waals surface area contributed by atoms with Crippen molar-refractivity contribution >= 4 is 17.5 Å². The average molecular weight is 315 g/mol. The van der Waals surface area contributed by atoms with E-state index in [9.17, 15) is 9.59 Å². The van der Waals surface area contributed by atoms with Crippen molar-refractivity contribution in [2.45, 2.75) is 19.8 Å². The number of aryl methyl sites for hydroxylation is 1. The molecule has 5 nitrogen and oxygen atoms in total. The topological polar surface area (TPSA) is 52.7 Å². The predicted molar refractivity (Wildman–Crippen MR) is 92.6 cm³/mol. The molecule has 2 rings (SSSR count). The quantitative estimate of drug-likeness (QED) is 0.848. The molecule has 1 aliphatic heterocycles. The second-order valence-electron chi connectivity index (χ2n) is 6.18. The Morgan fingerprint density at radius 2 is 1.96 bits per heavy atom. The van der Waals surface area contributed by atoms with Gasteiger partial charge in [-0.15, -0.1) is 0 Å². The van der Waals surface area contributed by atoms with Crippen LogP contribution in [-0.2, 0) is 4.79 Å². The van der Waals surface area contributed by atoms with Gasteiger partial charge in [-0.25, -0.2) is 0 Å². The maximum atomic E-state index is 12.4. The summed E-state index contributed by atoms with van der Waals surface area (Å²) in [5.41, 5.74) is 2.32. The maximum Gasteiger partial charge on any atom is 0.253 e. The minimum absolute atomic E-state index is 0.0781. The number of hydrogen-bond acceptors (Lipinski definition) is 3. The average Bonchev–Trinajstić information content (AvgIpc) is 3.02. The lowest BCUT2D eigenvalue weighted by Gasteiger charge is -2.16. The Bertz CT molecular complexity index is 602. The Morgan fingerprint density at radius 3 is 2.57 bits per heavy atom. The van der Waals surface area contributed by atoms with Gasteiger partial charge in [0.05, 0.1) is 0 Å². The van der Waals surface area contributed by atoms with Crippen LogP contribution < -0.4 is 5.32 Å². The zero-order chi connectivity index (χ0) is 16.8. The molecule has 1 aliphatic rings. The first kappa shape index (κ1) is 17.2. The van der Waals surface area contributed by atoms with Crippen molar-refractivity contribution in [3.8, 4) is 0 Å². The van der Waals surface area contributed by atoms with E-state index in [0.29, 0.717) is 5.56 Å². The number of benzene rings is 1. The Labute approximate surface area is 138 Å². The van der Waals surface area contributed by atoms with Crippen LogP contribution in [0.2, 0.25) is 0 Å². The van der Waals surface area contributed by atoms with Gasteiger partial charge in [-0.05, 0) is 57.6 Å². The highest BCUT2D eigenvalue weighted by molar-refractivity contribution is 6.00. The molecular formula is C18H25N3O2. The summed E-state index contributed by atoms with van der Waals surface area (Å²) in [7, 11) is 3.89. The van der Waals surface area contributed by atoms with E-state index < -0.39 is 0 Å². The summed E-state index contributed by atoms with van der Waals surface area (Å²) < 4.78 is 0. The smallest absolute Gasteiger partial charge is 0.253 e. The number of hydrogen-bond donors (Lipinski definition) is 1. The Morgan fingerprint density at radius 1 is 1.26 bits per heavy atom. The second kappa shape index (κ2) is 7.92. The minimum atomic E-state index is -0.159. The van der Waals surface area contributed by atoms with Gasteiger partial charge in [-0.2, -0.15) is 0 Å². The van der Waals surface area contributed by atoms with Crippen molar-refractivity contribution in [2.24, 2.45) is 0 Å². The van der Waals surface area contributed by atoms with Crippen molar-refractivity contribution in [3.63, 3.8) is 0 Å². The van der Waals surface area contributed by atoms with Gasteiger partial charge in [0.25, 0.3) is 5.91 Å². The normalized spacial score (nSPS) is 14.7. The lowest BCUT2D eigenvalue weighted by atomic mass is 10.1. The standard InChI is InChI=1S/C18H25N3O2/c1-14-13-15(18(23)21-11-4-5-12-21)8-9-16(14)19-17(22)7-6-10-20(2)3/h6-9,13H,4-5,10-12H2,1-3H3,(H,19,22)/b7-6+. The third-order valence-electron chi connectivity index (χ3n) is 3.86. The van der Waals surface area contributed by atoms with Crippen LogP contribution in [-0.4, -0.2) is 55.3 Å². The highest BCUT2D eigenvalue weighted by Crippen LogP contribution is 2.19. The molecule has 2 amide bonds. The highest BCUT2D eigenvalue weighted by atomic mass is 16.2. The highest BCUT2D eigenvalue weighted by Gasteiger charge is 2.19. The van der Waals surface area contributed by atoms with Crippen molar-refractivity contribution in [1.82, 2.24) is 9.80 Å². The van der Waals surface area contributed by atoms with Crippen LogP contribution in [0, 0.1) is 6.92 Å². The molecule has 0 radical (unpaired) electrons. The molecule has 1 saturated heterocycles. The largest absolute Gasteiger partial charge is 0.339 e. The molecule has 1 aromatic carbocycles. The van der Waals surface area contributed by atoms with E-state index in [2.05, 4.69) is 5.32 Å². The SMILES string of the molecule is Cc1cc(C(=O)N2CCCC2)ccc1NC(=O)/C=C/CN(C)C. The number of likely N-dealkylation sites (N-methyl/N-ethyl adjacent to an activating group) is 1. The zero-order valence-corrected chi connectivity index (χ0v) is 14.1. The molecule has 124 valence electrons. The molecule has 1 N–H and O–H groups in total. The Balaban J connectivity index is 2.00. The van der Waals surface area contributed by atoms with Crippen molar-refractivity contribution in [1.29, 1.82) is 0 Å². The van der Waals surface area contributed by atoms with E-state index in [0.717, 1.165) is 43.7 Å². The fourth-order valence-corrected chi connectivity index (χ4v) is 2.58. The molecule has 0 unspecified atom stereocenters. The third-order valence-corrected chi connectivity index (χ3v) is 3.86. The monoisotopic (exact) mass is 315 g/mol. The number of carbonyl (C=O) groups excluding carboxylic acids is 2. The van der Waals surface area contributed by atoms with Crippen LogP contribution in [0.1, 0.15) is 28.8 Å². The molecule has 1 aromatic rings. The van der Waals surface area contributed by atoms with Gasteiger partial charge in [0.2, 0.25) is 5.91 Å². The van der Waals surface area contributed by atoms with Gasteiger partial charge in [0.1, 0.15) is 0 Å². The number of likely N-dealkylation sites (tertiary alicyclic amines) is 1. The van der Waals surface area contributed by atoms with E-state index in [-0.39, 0.29) is 11.8 Å². The fraction of sp³-hybridized carbons (Fsp3) is 0.444. The molecule has 1 heterocycles. The first-order valence-corrected chi connectivity index (χ1v) is 7.99. The van der Waals surface area contributed by atoms with E-state index in [1.165, 1.54) is 6.08 Å². The van der Waals surface area contributed by atoms with E-state index in [1.54, 1.807) is 12.1 Å². The van der Waals surface area contributed by atoms with Crippen LogP contribution in [0.15, 0.2) is 30.4 Å². The van der Waals surface area contributed by atoms with Gasteiger partial charge in [-0.3, -0.25) is 9.59 Å². The van der Waals surface area contributed by atoms with Crippen LogP contribution in [0.4, 0.5) is 5.69 Å². The van der Waals surface area contributed by atoms with Gasteiger partial charge >= 0.3 is 0 Å². The molecular weight excluding hydrogens is 290 g/mol. The van der Waals surface area contributed by atoms with Crippen LogP contribution in [0.3, 0.4) is 0 Å². The number of anilines is 1. The summed E-state index contributed by atoms with van der Waals surface area (Å²) >= 11 is 0. The van der Waals surface area contributed by atoms with Crippen molar-refractivity contribution in [2.75, 3.05) is 39.0 Å². The fourth-order valence-electron chi connectivity index (χ4n) is 2.58. The molecule has 0 saturated carbocycles. The van der Waals surface area contributed by atoms with E-state index in [4.69, 9.17) is 0 Å². The third kappa shape index (κ3) is 4.93. The summed E-state index contributed by atoms with van der Waals surface area (Å²) in [6, 6.07) is 5.43. The van der Waals surface area contributed by atoms with E-state index in [1.807, 2.05) is 43.0 Å². The Hall–Kier alpha value is -2.14. The number of rotatable bonds is 5. The Kier molecular flexibility index (Phi) is 5.93. The van der Waals surface area contributed by atoms with E-state index >= 15 is 0 Å². The summed E-state index contributed by atoms with van der Waals surface area (Å²) in [6.45, 7) is 4.30. The van der Waals surface area contributed by atoms with Crippen LogP contribution in [0.5, 0.6) is 0 Å². The van der Waals surface area contributed by atoms with Crippen molar-refractivity contribution in [3.05, 3.63) is 41.5 Å². The summed E-state index contributed by atoms with van der Waals surface area (Å²) in [5.74, 6) is -0.0806. The number of nitrogens with zero attached hydrogens (tertiary/aromatic N) is 2. The van der Waals surface area contributed by atoms with Gasteiger partial charge in [0.15, 0.2) is 0 Å². The van der Waals surface area contributed by atoms with Crippen molar-refractivity contribution < 1.29 is 9.59 Å². The lowest BCUT2D eigenvalue weighted by Crippen LogP contribution is -2.27. The molecule has 0 bridgehead atoms. The molecule has 23 heavy (non-hydrogen) atoms. The molecule has 0 aromatic heterocycles.